The van der Waals surface area contributed by atoms with Gasteiger partial charge in [-0.3, -0.25) is 9.59 Å². The van der Waals surface area contributed by atoms with Gasteiger partial charge >= 0.3 is 5.97 Å². The van der Waals surface area contributed by atoms with Gasteiger partial charge in [-0.25, -0.2) is 4.79 Å². The third kappa shape index (κ3) is 2.89. The number of carboxylic acids is 1. The quantitative estimate of drug-likeness (QED) is 0.869. The van der Waals surface area contributed by atoms with Crippen LogP contribution in [0.4, 0.5) is 0 Å². The number of carbonyl (C=O) groups is 3. The number of carboxylic acid groups (broad SMARTS) is 1. The first-order valence-electron chi connectivity index (χ1n) is 6.72. The summed E-state index contributed by atoms with van der Waals surface area (Å²) in [6.07, 6.45) is 0.594. The Morgan fingerprint density at radius 1 is 1.29 bits per heavy atom. The van der Waals surface area contributed by atoms with Crippen LogP contribution >= 0.6 is 0 Å². The number of amides is 2. The molecular formula is C15H18N2O4. The van der Waals surface area contributed by atoms with E-state index in [1.54, 1.807) is 24.1 Å². The van der Waals surface area contributed by atoms with Crippen molar-refractivity contribution in [1.82, 2.24) is 10.2 Å². The highest BCUT2D eigenvalue weighted by atomic mass is 16.4. The van der Waals surface area contributed by atoms with E-state index >= 15 is 0 Å². The lowest BCUT2D eigenvalue weighted by Crippen LogP contribution is -2.40. The van der Waals surface area contributed by atoms with Crippen LogP contribution in [0.1, 0.15) is 34.1 Å². The zero-order valence-corrected chi connectivity index (χ0v) is 12.0. The Hall–Kier alpha value is -2.37. The predicted octanol–water partition coefficient (Wildman–Crippen LogP) is 0.983. The van der Waals surface area contributed by atoms with Gasteiger partial charge in [0.05, 0.1) is 11.0 Å². The van der Waals surface area contributed by atoms with Crippen molar-refractivity contribution in [2.45, 2.75) is 13.3 Å². The van der Waals surface area contributed by atoms with Gasteiger partial charge in [0.15, 0.2) is 0 Å². The minimum absolute atomic E-state index is 0.0779. The number of nitrogens with one attached hydrogen (secondary N) is 1. The third-order valence-electron chi connectivity index (χ3n) is 3.89. The zero-order valence-electron chi connectivity index (χ0n) is 12.0. The average molecular weight is 290 g/mol. The fourth-order valence-corrected chi connectivity index (χ4v) is 2.59. The molecule has 1 aliphatic heterocycles. The molecule has 1 unspecified atom stereocenters. The minimum Gasteiger partial charge on any atom is -0.478 e. The van der Waals surface area contributed by atoms with E-state index in [0.29, 0.717) is 25.1 Å². The molecule has 1 aromatic rings. The van der Waals surface area contributed by atoms with Crippen LogP contribution in [0.5, 0.6) is 0 Å². The number of aromatic carboxylic acids is 1. The van der Waals surface area contributed by atoms with Gasteiger partial charge in [0.25, 0.3) is 5.91 Å². The van der Waals surface area contributed by atoms with Gasteiger partial charge in [0.1, 0.15) is 0 Å². The molecule has 1 saturated heterocycles. The summed E-state index contributed by atoms with van der Waals surface area (Å²) in [4.78, 5) is 36.8. The first kappa shape index (κ1) is 15.0. The Morgan fingerprint density at radius 2 is 1.95 bits per heavy atom. The monoisotopic (exact) mass is 290 g/mol. The van der Waals surface area contributed by atoms with E-state index in [4.69, 9.17) is 5.11 Å². The van der Waals surface area contributed by atoms with E-state index in [-0.39, 0.29) is 17.4 Å². The number of benzene rings is 1. The van der Waals surface area contributed by atoms with Crippen molar-refractivity contribution in [1.29, 1.82) is 0 Å². The van der Waals surface area contributed by atoms with E-state index in [1.807, 2.05) is 6.92 Å². The zero-order chi connectivity index (χ0) is 15.6. The second kappa shape index (κ2) is 5.55. The molecular weight excluding hydrogens is 272 g/mol. The van der Waals surface area contributed by atoms with Crippen molar-refractivity contribution < 1.29 is 19.5 Å². The maximum absolute atomic E-state index is 12.4. The maximum atomic E-state index is 12.4. The lowest BCUT2D eigenvalue weighted by Gasteiger charge is -2.22. The van der Waals surface area contributed by atoms with Gasteiger partial charge in [0, 0.05) is 25.7 Å². The summed E-state index contributed by atoms with van der Waals surface area (Å²) in [7, 11) is 1.58. The van der Waals surface area contributed by atoms with E-state index in [9.17, 15) is 14.4 Å². The fraction of sp³-hybridized carbons (Fsp3) is 0.400. The van der Waals surface area contributed by atoms with Gasteiger partial charge in [-0.1, -0.05) is 6.07 Å². The van der Waals surface area contributed by atoms with Crippen LogP contribution in [0.25, 0.3) is 0 Å². The van der Waals surface area contributed by atoms with Gasteiger partial charge < -0.3 is 15.3 Å². The van der Waals surface area contributed by atoms with Gasteiger partial charge in [0.2, 0.25) is 5.91 Å². The standard InChI is InChI=1S/C15H18N2O4/c1-15(14(21)16-2)6-7-17(9-15)12(18)10-4-3-5-11(8-10)13(19)20/h3-5,8H,6-7,9H2,1-2H3,(H,16,21)(H,19,20). The molecule has 2 rings (SSSR count). The second-order valence-corrected chi connectivity index (χ2v) is 5.50. The topological polar surface area (TPSA) is 86.7 Å². The number of nitrogens with zero attached hydrogens (tertiary/aromatic N) is 1. The summed E-state index contributed by atoms with van der Waals surface area (Å²) < 4.78 is 0. The second-order valence-electron chi connectivity index (χ2n) is 5.50. The molecule has 2 N–H and O–H groups in total. The summed E-state index contributed by atoms with van der Waals surface area (Å²) >= 11 is 0. The highest BCUT2D eigenvalue weighted by molar-refractivity contribution is 5.98. The van der Waals surface area contributed by atoms with Gasteiger partial charge in [-0.05, 0) is 31.5 Å². The van der Waals surface area contributed by atoms with E-state index in [1.165, 1.54) is 12.1 Å². The lowest BCUT2D eigenvalue weighted by molar-refractivity contribution is -0.128. The molecule has 0 aliphatic carbocycles. The molecule has 0 radical (unpaired) electrons. The molecule has 1 fully saturated rings. The van der Waals surface area contributed by atoms with E-state index in [2.05, 4.69) is 5.32 Å². The van der Waals surface area contributed by atoms with Crippen molar-refractivity contribution in [3.05, 3.63) is 35.4 Å². The molecule has 0 saturated carbocycles. The predicted molar refractivity (Wildman–Crippen MR) is 76.1 cm³/mol. The number of hydrogen-bond acceptors (Lipinski definition) is 3. The van der Waals surface area contributed by atoms with Gasteiger partial charge in [-0.2, -0.15) is 0 Å². The molecule has 0 aromatic heterocycles. The van der Waals surface area contributed by atoms with Gasteiger partial charge in [-0.15, -0.1) is 0 Å². The Kier molecular flexibility index (Phi) is 3.97. The molecule has 0 spiro atoms. The molecule has 1 atom stereocenters. The Labute approximate surface area is 122 Å². The summed E-state index contributed by atoms with van der Waals surface area (Å²) in [5.74, 6) is -1.40. The summed E-state index contributed by atoms with van der Waals surface area (Å²) in [6, 6.07) is 5.94. The molecule has 2 amide bonds. The molecule has 6 nitrogen and oxygen atoms in total. The van der Waals surface area contributed by atoms with Crippen LogP contribution < -0.4 is 5.32 Å². The van der Waals surface area contributed by atoms with Crippen LogP contribution in [0.3, 0.4) is 0 Å². The number of carbonyl (C=O) groups excluding carboxylic acids is 2. The molecule has 0 bridgehead atoms. The first-order chi connectivity index (χ1) is 9.87. The van der Waals surface area contributed by atoms with E-state index in [0.717, 1.165) is 0 Å². The SMILES string of the molecule is CNC(=O)C1(C)CCN(C(=O)c2cccc(C(=O)O)c2)C1. The third-order valence-corrected chi connectivity index (χ3v) is 3.89. The van der Waals surface area contributed by atoms with Crippen LogP contribution in [-0.4, -0.2) is 47.9 Å². The highest BCUT2D eigenvalue weighted by Crippen LogP contribution is 2.31. The lowest BCUT2D eigenvalue weighted by atomic mass is 9.89. The van der Waals surface area contributed by atoms with Crippen molar-refractivity contribution in [3.8, 4) is 0 Å². The summed E-state index contributed by atoms with van der Waals surface area (Å²) in [5, 5.41) is 11.6. The van der Waals surface area contributed by atoms with Crippen molar-refractivity contribution in [2.75, 3.05) is 20.1 Å². The normalized spacial score (nSPS) is 21.1. The minimum atomic E-state index is -1.07. The highest BCUT2D eigenvalue weighted by Gasteiger charge is 2.41. The molecule has 21 heavy (non-hydrogen) atoms. The van der Waals surface area contributed by atoms with Crippen LogP contribution in [0.2, 0.25) is 0 Å². The van der Waals surface area contributed by atoms with E-state index < -0.39 is 11.4 Å². The molecule has 1 heterocycles. The Bertz CT molecular complexity index is 599. The molecule has 1 aliphatic rings. The largest absolute Gasteiger partial charge is 0.478 e. The fourth-order valence-electron chi connectivity index (χ4n) is 2.59. The van der Waals surface area contributed by atoms with Crippen LogP contribution in [0.15, 0.2) is 24.3 Å². The molecule has 1 aromatic carbocycles. The summed E-state index contributed by atoms with van der Waals surface area (Å²) in [6.45, 7) is 2.65. The van der Waals surface area contributed by atoms with Crippen LogP contribution in [0, 0.1) is 5.41 Å². The number of hydrogen-bond donors (Lipinski definition) is 2. The Morgan fingerprint density at radius 3 is 2.57 bits per heavy atom. The number of likely N-dealkylation sites (tertiary alicyclic amines) is 1. The molecule has 112 valence electrons. The molecule has 6 heteroatoms. The maximum Gasteiger partial charge on any atom is 0.335 e. The summed E-state index contributed by atoms with van der Waals surface area (Å²) in [5.41, 5.74) is -0.181. The first-order valence-corrected chi connectivity index (χ1v) is 6.72. The number of rotatable bonds is 3. The average Bonchev–Trinajstić information content (AvgIpc) is 2.89. The smallest absolute Gasteiger partial charge is 0.335 e. The van der Waals surface area contributed by atoms with Crippen molar-refractivity contribution in [2.24, 2.45) is 5.41 Å². The van der Waals surface area contributed by atoms with Crippen LogP contribution in [-0.2, 0) is 4.79 Å². The van der Waals surface area contributed by atoms with Crippen molar-refractivity contribution in [3.63, 3.8) is 0 Å². The Balaban J connectivity index is 2.17. The van der Waals surface area contributed by atoms with Crippen molar-refractivity contribution >= 4 is 17.8 Å².